The molecule has 3 heterocycles. The molecule has 0 bridgehead atoms. The molecule has 6 nitrogen and oxygen atoms in total. The molecule has 3 fully saturated rings. The summed E-state index contributed by atoms with van der Waals surface area (Å²) in [5.41, 5.74) is 0. The Balaban J connectivity index is 0.000000226. The topological polar surface area (TPSA) is 28.2 Å². The van der Waals surface area contributed by atoms with E-state index in [-0.39, 0.29) is 0 Å². The summed E-state index contributed by atoms with van der Waals surface area (Å²) in [5, 5.41) is 3.33. The maximum Gasteiger partial charge on any atom is 0.0113 e. The molecule has 0 aromatic heterocycles. The number of piperazine rings is 3. The van der Waals surface area contributed by atoms with Crippen LogP contribution in [0.3, 0.4) is 0 Å². The average Bonchev–Trinajstić information content (AvgIpc) is 2.75. The van der Waals surface area contributed by atoms with E-state index in [4.69, 9.17) is 0 Å². The Kier molecular flexibility index (Phi) is 14.4. The van der Waals surface area contributed by atoms with Gasteiger partial charge >= 0.3 is 0 Å². The van der Waals surface area contributed by atoms with Crippen molar-refractivity contribution in [3.05, 3.63) is 0 Å². The Morgan fingerprint density at radius 2 is 0.933 bits per heavy atom. The predicted molar refractivity (Wildman–Crippen MR) is 133 cm³/mol. The third-order valence-corrected chi connectivity index (χ3v) is 6.73. The third kappa shape index (κ3) is 11.4. The first-order valence-corrected chi connectivity index (χ1v) is 12.6. The van der Waals surface area contributed by atoms with Crippen LogP contribution in [0.25, 0.3) is 0 Å². The smallest absolute Gasteiger partial charge is 0.0113 e. The van der Waals surface area contributed by atoms with Crippen LogP contribution in [0.4, 0.5) is 0 Å². The monoisotopic (exact) mass is 426 g/mol. The van der Waals surface area contributed by atoms with E-state index in [1.54, 1.807) is 0 Å². The van der Waals surface area contributed by atoms with E-state index in [1.165, 1.54) is 72.0 Å². The zero-order valence-corrected chi connectivity index (χ0v) is 21.7. The minimum absolute atomic E-state index is 0.729. The Bertz CT molecular complexity index is 393. The van der Waals surface area contributed by atoms with E-state index >= 15 is 0 Å². The number of likely N-dealkylation sites (N-methyl/N-ethyl adjacent to an activating group) is 2. The lowest BCUT2D eigenvalue weighted by Gasteiger charge is -2.36. The summed E-state index contributed by atoms with van der Waals surface area (Å²) < 4.78 is 0. The Morgan fingerprint density at radius 1 is 0.567 bits per heavy atom. The third-order valence-electron chi connectivity index (χ3n) is 6.73. The van der Waals surface area contributed by atoms with E-state index in [9.17, 15) is 0 Å². The molecule has 3 saturated heterocycles. The lowest BCUT2D eigenvalue weighted by atomic mass is 10.2. The largest absolute Gasteiger partial charge is 0.314 e. The highest BCUT2D eigenvalue weighted by atomic mass is 15.3. The van der Waals surface area contributed by atoms with Gasteiger partial charge in [-0.1, -0.05) is 6.92 Å². The molecule has 0 aliphatic carbocycles. The fourth-order valence-electron chi connectivity index (χ4n) is 4.13. The molecule has 0 saturated carbocycles. The molecule has 0 atom stereocenters. The van der Waals surface area contributed by atoms with Gasteiger partial charge in [-0.3, -0.25) is 14.7 Å². The second-order valence-electron chi connectivity index (χ2n) is 9.88. The standard InChI is InChI=1S/C9H20N2.C8H18N2.C7H16N2/c1-4-10-5-7-11(8-6-10)9(2)3;1-8(2)10-6-4-9(3)5-7-10;1-7(2)9-5-3-8-4-6-9/h9H,4-8H2,1-3H3;8H,4-7H2,1-3H3;7-8H,3-6H2,1-2H3. The summed E-state index contributed by atoms with van der Waals surface area (Å²) in [5.74, 6) is 0. The van der Waals surface area contributed by atoms with Crippen LogP contribution in [-0.4, -0.2) is 135 Å². The summed E-state index contributed by atoms with van der Waals surface area (Å²) in [6.07, 6.45) is 0. The van der Waals surface area contributed by atoms with Gasteiger partial charge < -0.3 is 15.1 Å². The first-order valence-electron chi connectivity index (χ1n) is 12.6. The molecule has 3 aliphatic rings. The Hall–Kier alpha value is -0.240. The summed E-state index contributed by atoms with van der Waals surface area (Å²) in [4.78, 5) is 12.5. The van der Waals surface area contributed by atoms with E-state index < -0.39 is 0 Å². The number of nitrogens with zero attached hydrogens (tertiary/aromatic N) is 5. The number of hydrogen-bond donors (Lipinski definition) is 1. The molecule has 1 N–H and O–H groups in total. The van der Waals surface area contributed by atoms with E-state index in [0.29, 0.717) is 0 Å². The van der Waals surface area contributed by atoms with Gasteiger partial charge in [-0.25, -0.2) is 0 Å². The van der Waals surface area contributed by atoms with Crippen molar-refractivity contribution in [2.24, 2.45) is 0 Å². The molecule has 30 heavy (non-hydrogen) atoms. The van der Waals surface area contributed by atoms with Crippen molar-refractivity contribution in [2.75, 3.05) is 92.1 Å². The molecule has 0 amide bonds. The SMILES string of the molecule is CC(C)N1CCN(C)CC1.CC(C)N1CCNCC1.CCN1CCN(C(C)C)CC1. The van der Waals surface area contributed by atoms with Crippen molar-refractivity contribution in [2.45, 2.75) is 66.6 Å². The molecule has 0 aromatic carbocycles. The quantitative estimate of drug-likeness (QED) is 0.739. The van der Waals surface area contributed by atoms with Crippen molar-refractivity contribution in [1.29, 1.82) is 0 Å². The van der Waals surface area contributed by atoms with Crippen molar-refractivity contribution in [1.82, 2.24) is 29.8 Å². The summed E-state index contributed by atoms with van der Waals surface area (Å²) in [7, 11) is 2.19. The Labute approximate surface area is 188 Å². The molecular weight excluding hydrogens is 372 g/mol. The zero-order valence-electron chi connectivity index (χ0n) is 21.7. The molecule has 0 aromatic rings. The van der Waals surface area contributed by atoms with Gasteiger partial charge in [0.25, 0.3) is 0 Å². The maximum absolute atomic E-state index is 3.33. The van der Waals surface area contributed by atoms with Crippen LogP contribution in [0.5, 0.6) is 0 Å². The molecule has 180 valence electrons. The highest BCUT2D eigenvalue weighted by Gasteiger charge is 2.17. The molecule has 0 spiro atoms. The highest BCUT2D eigenvalue weighted by Crippen LogP contribution is 2.05. The molecule has 0 unspecified atom stereocenters. The van der Waals surface area contributed by atoms with Crippen molar-refractivity contribution < 1.29 is 0 Å². The van der Waals surface area contributed by atoms with Crippen molar-refractivity contribution in [3.63, 3.8) is 0 Å². The van der Waals surface area contributed by atoms with Crippen LogP contribution in [0.2, 0.25) is 0 Å². The van der Waals surface area contributed by atoms with Crippen LogP contribution in [0.1, 0.15) is 48.5 Å². The minimum atomic E-state index is 0.729. The van der Waals surface area contributed by atoms with Gasteiger partial charge in [0, 0.05) is 96.7 Å². The molecular formula is C24H54N6. The fraction of sp³-hybridized carbons (Fsp3) is 1.00. The second-order valence-corrected chi connectivity index (χ2v) is 9.88. The molecule has 3 aliphatic heterocycles. The average molecular weight is 427 g/mol. The first-order chi connectivity index (χ1) is 14.2. The minimum Gasteiger partial charge on any atom is -0.314 e. The van der Waals surface area contributed by atoms with Crippen LogP contribution in [-0.2, 0) is 0 Å². The van der Waals surface area contributed by atoms with Gasteiger partial charge in [-0.2, -0.15) is 0 Å². The van der Waals surface area contributed by atoms with E-state index in [1.807, 2.05) is 0 Å². The number of nitrogens with one attached hydrogen (secondary N) is 1. The fourth-order valence-corrected chi connectivity index (χ4v) is 4.13. The highest BCUT2D eigenvalue weighted by molar-refractivity contribution is 4.73. The van der Waals surface area contributed by atoms with Gasteiger partial charge in [0.05, 0.1) is 0 Å². The summed E-state index contributed by atoms with van der Waals surface area (Å²) >= 11 is 0. The summed E-state index contributed by atoms with van der Waals surface area (Å²) in [6.45, 7) is 31.8. The maximum atomic E-state index is 3.33. The summed E-state index contributed by atoms with van der Waals surface area (Å²) in [6, 6.07) is 2.19. The molecule has 0 radical (unpaired) electrons. The molecule has 6 heteroatoms. The zero-order chi connectivity index (χ0) is 22.5. The first kappa shape index (κ1) is 27.8. The van der Waals surface area contributed by atoms with Gasteiger partial charge in [-0.15, -0.1) is 0 Å². The number of hydrogen-bond acceptors (Lipinski definition) is 6. The van der Waals surface area contributed by atoms with Crippen molar-refractivity contribution in [3.8, 4) is 0 Å². The lowest BCUT2D eigenvalue weighted by Crippen LogP contribution is -2.48. The van der Waals surface area contributed by atoms with Crippen LogP contribution in [0.15, 0.2) is 0 Å². The number of rotatable bonds is 4. The van der Waals surface area contributed by atoms with Crippen LogP contribution in [0, 0.1) is 0 Å². The van der Waals surface area contributed by atoms with Gasteiger partial charge in [0.1, 0.15) is 0 Å². The lowest BCUT2D eigenvalue weighted by molar-refractivity contribution is 0.112. The van der Waals surface area contributed by atoms with Crippen LogP contribution >= 0.6 is 0 Å². The molecule has 3 rings (SSSR count). The van der Waals surface area contributed by atoms with Gasteiger partial charge in [0.15, 0.2) is 0 Å². The van der Waals surface area contributed by atoms with Gasteiger partial charge in [0.2, 0.25) is 0 Å². The second kappa shape index (κ2) is 15.5. The normalized spacial score (nSPS) is 23.3. The van der Waals surface area contributed by atoms with E-state index in [0.717, 1.165) is 31.2 Å². The van der Waals surface area contributed by atoms with Gasteiger partial charge in [-0.05, 0) is 55.1 Å². The Morgan fingerprint density at radius 3 is 1.27 bits per heavy atom. The van der Waals surface area contributed by atoms with Crippen molar-refractivity contribution >= 4 is 0 Å². The van der Waals surface area contributed by atoms with Crippen LogP contribution < -0.4 is 5.32 Å². The van der Waals surface area contributed by atoms with E-state index in [2.05, 4.69) is 85.3 Å². The predicted octanol–water partition coefficient (Wildman–Crippen LogP) is 1.97.